The first-order valence-corrected chi connectivity index (χ1v) is 3.80. The molecule has 0 aliphatic carbocycles. The lowest BCUT2D eigenvalue weighted by Crippen LogP contribution is -2.30. The van der Waals surface area contributed by atoms with Crippen LogP contribution in [0.25, 0.3) is 0 Å². The highest BCUT2D eigenvalue weighted by atomic mass is 16.3. The first-order valence-electron chi connectivity index (χ1n) is 3.80. The number of aliphatic hydroxyl groups is 1. The molecule has 0 aromatic heterocycles. The van der Waals surface area contributed by atoms with Gasteiger partial charge in [-0.15, -0.1) is 0 Å². The van der Waals surface area contributed by atoms with E-state index >= 15 is 0 Å². The topological polar surface area (TPSA) is 82.1 Å². The summed E-state index contributed by atoms with van der Waals surface area (Å²) in [5.74, 6) is 0.157. The molecule has 4 N–H and O–H groups in total. The predicted octanol–water partition coefficient (Wildman–Crippen LogP) is -0.845. The fraction of sp³-hybridized carbons (Fsp3) is 0.857. The van der Waals surface area contributed by atoms with Crippen LogP contribution in [0.1, 0.15) is 12.8 Å². The van der Waals surface area contributed by atoms with Crippen molar-refractivity contribution in [3.05, 3.63) is 0 Å². The predicted molar refractivity (Wildman–Crippen MR) is 40.3 cm³/mol. The molecule has 0 radical (unpaired) electrons. The summed E-state index contributed by atoms with van der Waals surface area (Å²) in [6.07, 6.45) is 1.04. The van der Waals surface area contributed by atoms with E-state index in [9.17, 15) is 5.11 Å². The smallest absolute Gasteiger partial charge is 0.107 e. The minimum absolute atomic E-state index is 0.157. The van der Waals surface area contributed by atoms with E-state index in [0.29, 0.717) is 6.42 Å². The van der Waals surface area contributed by atoms with Crippen LogP contribution in [0.15, 0.2) is 0 Å². The Labute approximate surface area is 66.0 Å². The van der Waals surface area contributed by atoms with Gasteiger partial charge in [0.1, 0.15) is 6.23 Å². The fourth-order valence-corrected chi connectivity index (χ4v) is 1.37. The zero-order valence-electron chi connectivity index (χ0n) is 6.33. The van der Waals surface area contributed by atoms with Gasteiger partial charge in [0, 0.05) is 5.92 Å². The van der Waals surface area contributed by atoms with Crippen molar-refractivity contribution < 1.29 is 5.11 Å². The molecule has 1 aliphatic heterocycles. The standard InChI is InChI=1S/C7H13N3O/c8-4-6(9)3-5-1-2-10-7(5)11/h5-7,10-11H,1-3,9H2/t5-,6-,7-/m0/s1. The first-order chi connectivity index (χ1) is 5.24. The van der Waals surface area contributed by atoms with Crippen LogP contribution >= 0.6 is 0 Å². The molecule has 0 aromatic carbocycles. The summed E-state index contributed by atoms with van der Waals surface area (Å²) in [7, 11) is 0. The van der Waals surface area contributed by atoms with Crippen LogP contribution in [-0.4, -0.2) is 23.9 Å². The van der Waals surface area contributed by atoms with Crippen LogP contribution in [-0.2, 0) is 0 Å². The van der Waals surface area contributed by atoms with Gasteiger partial charge in [-0.1, -0.05) is 0 Å². The summed E-state index contributed by atoms with van der Waals surface area (Å²) in [5.41, 5.74) is 5.42. The Morgan fingerprint density at radius 2 is 2.55 bits per heavy atom. The average molecular weight is 155 g/mol. The maximum atomic E-state index is 9.26. The van der Waals surface area contributed by atoms with Crippen LogP contribution < -0.4 is 11.1 Å². The van der Waals surface area contributed by atoms with E-state index < -0.39 is 12.3 Å². The molecule has 62 valence electrons. The van der Waals surface area contributed by atoms with Crippen LogP contribution in [0.2, 0.25) is 0 Å². The lowest BCUT2D eigenvalue weighted by atomic mass is 9.99. The van der Waals surface area contributed by atoms with E-state index in [2.05, 4.69) is 5.32 Å². The minimum atomic E-state index is -0.464. The molecule has 1 fully saturated rings. The molecule has 1 rings (SSSR count). The van der Waals surface area contributed by atoms with E-state index in [0.717, 1.165) is 13.0 Å². The Balaban J connectivity index is 2.32. The van der Waals surface area contributed by atoms with Crippen LogP contribution in [0, 0.1) is 17.2 Å². The van der Waals surface area contributed by atoms with Crippen LogP contribution in [0.3, 0.4) is 0 Å². The number of hydrogen-bond donors (Lipinski definition) is 3. The van der Waals surface area contributed by atoms with E-state index in [1.807, 2.05) is 6.07 Å². The molecule has 11 heavy (non-hydrogen) atoms. The Kier molecular flexibility index (Phi) is 2.83. The summed E-state index contributed by atoms with van der Waals surface area (Å²) in [6.45, 7) is 0.823. The fourth-order valence-electron chi connectivity index (χ4n) is 1.37. The number of nitrogens with zero attached hydrogens (tertiary/aromatic N) is 1. The number of aliphatic hydroxyl groups excluding tert-OH is 1. The summed E-state index contributed by atoms with van der Waals surface area (Å²) >= 11 is 0. The second kappa shape index (κ2) is 3.67. The van der Waals surface area contributed by atoms with Gasteiger partial charge in [-0.2, -0.15) is 5.26 Å². The zero-order valence-corrected chi connectivity index (χ0v) is 6.33. The van der Waals surface area contributed by atoms with Crippen molar-refractivity contribution in [1.82, 2.24) is 5.32 Å². The molecule has 1 saturated heterocycles. The van der Waals surface area contributed by atoms with Crippen molar-refractivity contribution >= 4 is 0 Å². The third-order valence-corrected chi connectivity index (χ3v) is 2.04. The molecular weight excluding hydrogens is 142 g/mol. The molecule has 0 bridgehead atoms. The van der Waals surface area contributed by atoms with E-state index in [1.54, 1.807) is 0 Å². The molecule has 4 heteroatoms. The van der Waals surface area contributed by atoms with Crippen molar-refractivity contribution in [3.8, 4) is 6.07 Å². The number of nitrogens with two attached hydrogens (primary N) is 1. The second-order valence-electron chi connectivity index (χ2n) is 2.92. The SMILES string of the molecule is N#C[C@@H](N)C[C@@H]1CCN[C@H]1O. The van der Waals surface area contributed by atoms with Gasteiger partial charge in [0.25, 0.3) is 0 Å². The number of nitrogens with one attached hydrogen (secondary N) is 1. The van der Waals surface area contributed by atoms with Crippen LogP contribution in [0.4, 0.5) is 0 Å². The number of hydrogen-bond acceptors (Lipinski definition) is 4. The van der Waals surface area contributed by atoms with Crippen molar-refractivity contribution in [2.45, 2.75) is 25.1 Å². The van der Waals surface area contributed by atoms with Crippen molar-refractivity contribution in [1.29, 1.82) is 5.26 Å². The number of nitriles is 1. The second-order valence-corrected chi connectivity index (χ2v) is 2.92. The van der Waals surface area contributed by atoms with Gasteiger partial charge in [0.15, 0.2) is 0 Å². The molecule has 0 spiro atoms. The minimum Gasteiger partial charge on any atom is -0.378 e. The van der Waals surface area contributed by atoms with Gasteiger partial charge >= 0.3 is 0 Å². The quantitative estimate of drug-likeness (QED) is 0.485. The maximum absolute atomic E-state index is 9.26. The van der Waals surface area contributed by atoms with Crippen molar-refractivity contribution in [2.24, 2.45) is 11.7 Å². The van der Waals surface area contributed by atoms with Gasteiger partial charge < -0.3 is 10.8 Å². The molecule has 0 saturated carbocycles. The van der Waals surface area contributed by atoms with Gasteiger partial charge in [-0.05, 0) is 19.4 Å². The molecule has 3 atom stereocenters. The van der Waals surface area contributed by atoms with Gasteiger partial charge in [0.2, 0.25) is 0 Å². The normalized spacial score (nSPS) is 33.2. The first kappa shape index (κ1) is 8.47. The Morgan fingerprint density at radius 1 is 1.82 bits per heavy atom. The summed E-state index contributed by atoms with van der Waals surface area (Å²) < 4.78 is 0. The third kappa shape index (κ3) is 2.15. The summed E-state index contributed by atoms with van der Waals surface area (Å²) in [4.78, 5) is 0. The Morgan fingerprint density at radius 3 is 3.00 bits per heavy atom. The lowest BCUT2D eigenvalue weighted by molar-refractivity contribution is 0.107. The maximum Gasteiger partial charge on any atom is 0.107 e. The van der Waals surface area contributed by atoms with Gasteiger partial charge in [-0.3, -0.25) is 5.32 Å². The average Bonchev–Trinajstić information content (AvgIpc) is 2.37. The molecule has 0 aromatic rings. The molecule has 0 unspecified atom stereocenters. The molecule has 1 heterocycles. The van der Waals surface area contributed by atoms with E-state index in [4.69, 9.17) is 11.0 Å². The van der Waals surface area contributed by atoms with Gasteiger partial charge in [0.05, 0.1) is 12.1 Å². The largest absolute Gasteiger partial charge is 0.378 e. The van der Waals surface area contributed by atoms with Gasteiger partial charge in [-0.25, -0.2) is 0 Å². The van der Waals surface area contributed by atoms with Crippen molar-refractivity contribution in [3.63, 3.8) is 0 Å². The van der Waals surface area contributed by atoms with Crippen molar-refractivity contribution in [2.75, 3.05) is 6.54 Å². The summed E-state index contributed by atoms with van der Waals surface area (Å²) in [6, 6.07) is 1.52. The monoisotopic (exact) mass is 155 g/mol. The molecule has 1 aliphatic rings. The lowest BCUT2D eigenvalue weighted by Gasteiger charge is -2.14. The van der Waals surface area contributed by atoms with E-state index in [-0.39, 0.29) is 5.92 Å². The summed E-state index contributed by atoms with van der Waals surface area (Å²) in [5, 5.41) is 20.6. The highest BCUT2D eigenvalue weighted by Gasteiger charge is 2.25. The molecular formula is C7H13N3O. The Bertz CT molecular complexity index is 166. The zero-order chi connectivity index (χ0) is 8.27. The van der Waals surface area contributed by atoms with E-state index in [1.165, 1.54) is 0 Å². The Hall–Kier alpha value is -0.630. The third-order valence-electron chi connectivity index (χ3n) is 2.04. The highest BCUT2D eigenvalue weighted by molar-refractivity contribution is 4.90. The highest BCUT2D eigenvalue weighted by Crippen LogP contribution is 2.18. The molecule has 0 amide bonds. The number of rotatable bonds is 2. The molecule has 4 nitrogen and oxygen atoms in total. The van der Waals surface area contributed by atoms with Crippen LogP contribution in [0.5, 0.6) is 0 Å².